The number of hydrogen-bond donors (Lipinski definition) is 1. The first-order valence-corrected chi connectivity index (χ1v) is 9.30. The van der Waals surface area contributed by atoms with Crippen LogP contribution in [0, 0.1) is 0 Å². The van der Waals surface area contributed by atoms with Crippen LogP contribution in [0.15, 0.2) is 29.2 Å². The molecule has 0 heterocycles. The third-order valence-electron chi connectivity index (χ3n) is 4.53. The molecular formula is C17H11F17OS. The standard InChI is InChI=1S/C17H11F17OS/c18-10(19,6-1-7-35-8-2-4-9(36)5-3-8)11(20,21)12(22,23)13(24,25)14(26,27)15(28,29)16(30,31)17(32,33)34/h2-5,36H,1,6-7H2. The molecule has 0 spiro atoms. The van der Waals surface area contributed by atoms with Gasteiger partial charge < -0.3 is 4.74 Å². The Balaban J connectivity index is 3.23. The second-order valence-electron chi connectivity index (χ2n) is 7.09. The Bertz CT molecular complexity index is 891. The first-order valence-electron chi connectivity index (χ1n) is 8.85. The van der Waals surface area contributed by atoms with Crippen LogP contribution in [-0.2, 0) is 0 Å². The molecule has 0 fully saturated rings. The minimum absolute atomic E-state index is 0.118. The van der Waals surface area contributed by atoms with Crippen LogP contribution in [0.4, 0.5) is 74.6 Å². The zero-order valence-corrected chi connectivity index (χ0v) is 17.6. The predicted molar refractivity (Wildman–Crippen MR) is 89.1 cm³/mol. The highest BCUT2D eigenvalue weighted by molar-refractivity contribution is 7.80. The minimum atomic E-state index is -8.62. The van der Waals surface area contributed by atoms with Crippen molar-refractivity contribution < 1.29 is 79.4 Å². The lowest BCUT2D eigenvalue weighted by Crippen LogP contribution is -2.74. The summed E-state index contributed by atoms with van der Waals surface area (Å²) >= 11 is 3.86. The van der Waals surface area contributed by atoms with Gasteiger partial charge in [0.05, 0.1) is 6.61 Å². The van der Waals surface area contributed by atoms with E-state index in [9.17, 15) is 74.6 Å². The van der Waals surface area contributed by atoms with Crippen molar-refractivity contribution in [3.63, 3.8) is 0 Å². The summed E-state index contributed by atoms with van der Waals surface area (Å²) in [5.41, 5.74) is 0. The molecular weight excluding hydrogens is 575 g/mol. The van der Waals surface area contributed by atoms with Gasteiger partial charge in [-0.1, -0.05) is 0 Å². The van der Waals surface area contributed by atoms with Gasteiger partial charge in [-0.3, -0.25) is 0 Å². The van der Waals surface area contributed by atoms with E-state index in [2.05, 4.69) is 12.6 Å². The van der Waals surface area contributed by atoms with Crippen molar-refractivity contribution in [2.75, 3.05) is 6.61 Å². The highest BCUT2D eigenvalue weighted by Crippen LogP contribution is 2.64. The van der Waals surface area contributed by atoms with Gasteiger partial charge in [-0.2, -0.15) is 74.6 Å². The lowest BCUT2D eigenvalue weighted by atomic mass is 9.88. The highest BCUT2D eigenvalue weighted by atomic mass is 32.1. The third-order valence-corrected chi connectivity index (χ3v) is 4.83. The number of halogens is 17. The van der Waals surface area contributed by atoms with Gasteiger partial charge in [-0.05, 0) is 30.7 Å². The van der Waals surface area contributed by atoms with Gasteiger partial charge in [0.15, 0.2) is 0 Å². The van der Waals surface area contributed by atoms with Gasteiger partial charge in [0.25, 0.3) is 0 Å². The van der Waals surface area contributed by atoms with Crippen LogP contribution in [0.25, 0.3) is 0 Å². The van der Waals surface area contributed by atoms with Crippen molar-refractivity contribution in [2.24, 2.45) is 0 Å². The van der Waals surface area contributed by atoms with Crippen LogP contribution in [0.5, 0.6) is 5.75 Å². The number of rotatable bonds is 11. The number of thiol groups is 1. The van der Waals surface area contributed by atoms with E-state index in [4.69, 9.17) is 4.74 Å². The molecule has 1 aromatic carbocycles. The Morgan fingerprint density at radius 3 is 1.28 bits per heavy atom. The molecule has 0 aliphatic carbocycles. The van der Waals surface area contributed by atoms with Gasteiger partial charge >= 0.3 is 47.6 Å². The van der Waals surface area contributed by atoms with Crippen molar-refractivity contribution in [3.8, 4) is 5.75 Å². The maximum atomic E-state index is 13.7. The molecule has 0 atom stereocenters. The first-order chi connectivity index (χ1) is 15.7. The maximum Gasteiger partial charge on any atom is 0.460 e. The minimum Gasteiger partial charge on any atom is -0.494 e. The van der Waals surface area contributed by atoms with E-state index in [1.807, 2.05) is 0 Å². The first kappa shape index (κ1) is 32.2. The van der Waals surface area contributed by atoms with Crippen molar-refractivity contribution in [2.45, 2.75) is 65.4 Å². The van der Waals surface area contributed by atoms with E-state index in [1.165, 1.54) is 12.1 Å². The van der Waals surface area contributed by atoms with Gasteiger partial charge in [-0.15, -0.1) is 12.6 Å². The average molecular weight is 586 g/mol. The topological polar surface area (TPSA) is 9.23 Å². The van der Waals surface area contributed by atoms with Crippen LogP contribution in [0.3, 0.4) is 0 Å². The zero-order chi connectivity index (χ0) is 28.8. The summed E-state index contributed by atoms with van der Waals surface area (Å²) < 4.78 is 228. The van der Waals surface area contributed by atoms with Crippen molar-refractivity contribution in [1.82, 2.24) is 0 Å². The summed E-state index contributed by atoms with van der Waals surface area (Å²) in [7, 11) is 0. The van der Waals surface area contributed by atoms with E-state index in [-0.39, 0.29) is 5.75 Å². The molecule has 19 heteroatoms. The van der Waals surface area contributed by atoms with Crippen LogP contribution >= 0.6 is 12.6 Å². The largest absolute Gasteiger partial charge is 0.494 e. The molecule has 0 saturated heterocycles. The molecule has 36 heavy (non-hydrogen) atoms. The molecule has 0 radical (unpaired) electrons. The van der Waals surface area contributed by atoms with E-state index >= 15 is 0 Å². The smallest absolute Gasteiger partial charge is 0.460 e. The molecule has 0 aliphatic rings. The van der Waals surface area contributed by atoms with Crippen LogP contribution in [0.1, 0.15) is 12.8 Å². The second-order valence-corrected chi connectivity index (χ2v) is 7.61. The summed E-state index contributed by atoms with van der Waals surface area (Å²) in [6.45, 7) is -0.994. The molecule has 0 bridgehead atoms. The van der Waals surface area contributed by atoms with Crippen LogP contribution < -0.4 is 4.74 Å². The fourth-order valence-corrected chi connectivity index (χ4v) is 2.53. The van der Waals surface area contributed by atoms with Crippen LogP contribution in [0.2, 0.25) is 0 Å². The fraction of sp³-hybridized carbons (Fsp3) is 0.647. The number of alkyl halides is 17. The van der Waals surface area contributed by atoms with Gasteiger partial charge in [-0.25, -0.2) is 0 Å². The van der Waals surface area contributed by atoms with Crippen LogP contribution in [-0.4, -0.2) is 54.2 Å². The molecule has 0 aliphatic heterocycles. The molecule has 0 N–H and O–H groups in total. The fourth-order valence-electron chi connectivity index (χ4n) is 2.38. The van der Waals surface area contributed by atoms with E-state index in [0.29, 0.717) is 4.90 Å². The molecule has 0 aromatic heterocycles. The third kappa shape index (κ3) is 4.99. The number of ether oxygens (including phenoxy) is 1. The Labute approximate surface area is 195 Å². The van der Waals surface area contributed by atoms with Crippen molar-refractivity contribution in [3.05, 3.63) is 24.3 Å². The summed E-state index contributed by atoms with van der Waals surface area (Å²) in [5.74, 6) is -56.3. The molecule has 210 valence electrons. The summed E-state index contributed by atoms with van der Waals surface area (Å²) in [4.78, 5) is 0.368. The normalized spacial score (nSPS) is 15.3. The second kappa shape index (κ2) is 9.49. The van der Waals surface area contributed by atoms with E-state index in [1.54, 1.807) is 0 Å². The van der Waals surface area contributed by atoms with E-state index in [0.717, 1.165) is 12.1 Å². The van der Waals surface area contributed by atoms with E-state index < -0.39 is 67.1 Å². The maximum absolute atomic E-state index is 13.7. The SMILES string of the molecule is FC(F)(F)C(F)(F)C(F)(F)C(F)(F)C(F)(F)C(F)(F)C(F)(F)C(F)(F)CCCOc1ccc(S)cc1. The highest BCUT2D eigenvalue weighted by Gasteiger charge is 2.95. The quantitative estimate of drug-likeness (QED) is 0.157. The lowest BCUT2D eigenvalue weighted by molar-refractivity contribution is -0.461. The Morgan fingerprint density at radius 2 is 0.889 bits per heavy atom. The van der Waals surface area contributed by atoms with Gasteiger partial charge in [0, 0.05) is 11.3 Å². The molecule has 0 amide bonds. The monoisotopic (exact) mass is 586 g/mol. The summed E-state index contributed by atoms with van der Waals surface area (Å²) in [6.07, 6.45) is -11.7. The molecule has 1 nitrogen and oxygen atoms in total. The molecule has 0 saturated carbocycles. The van der Waals surface area contributed by atoms with Gasteiger partial charge in [0.1, 0.15) is 5.75 Å². The molecule has 0 unspecified atom stereocenters. The van der Waals surface area contributed by atoms with Crippen molar-refractivity contribution >= 4 is 12.6 Å². The Hall–Kier alpha value is -1.82. The molecule has 1 rings (SSSR count). The lowest BCUT2D eigenvalue weighted by Gasteiger charge is -2.42. The van der Waals surface area contributed by atoms with Crippen molar-refractivity contribution in [1.29, 1.82) is 0 Å². The Kier molecular flexibility index (Phi) is 8.49. The zero-order valence-electron chi connectivity index (χ0n) is 16.7. The number of benzene rings is 1. The van der Waals surface area contributed by atoms with Gasteiger partial charge in [0.2, 0.25) is 0 Å². The summed E-state index contributed by atoms with van der Waals surface area (Å²) in [6, 6.07) is 4.87. The molecule has 1 aromatic rings. The average Bonchev–Trinajstić information content (AvgIpc) is 2.70. The summed E-state index contributed by atoms with van der Waals surface area (Å²) in [5, 5.41) is 0. The predicted octanol–water partition coefficient (Wildman–Crippen LogP) is 8.14. The Morgan fingerprint density at radius 1 is 0.528 bits per heavy atom. The number of hydrogen-bond acceptors (Lipinski definition) is 2.